The van der Waals surface area contributed by atoms with Crippen LogP contribution in [-0.4, -0.2) is 36.6 Å². The third-order valence-electron chi connectivity index (χ3n) is 4.38. The van der Waals surface area contributed by atoms with E-state index in [-0.39, 0.29) is 5.41 Å². The highest BCUT2D eigenvalue weighted by Crippen LogP contribution is 2.29. The van der Waals surface area contributed by atoms with Gasteiger partial charge in [-0.3, -0.25) is 0 Å². The minimum Gasteiger partial charge on any atom is -0.313 e. The lowest BCUT2D eigenvalue weighted by molar-refractivity contribution is 0.179. The lowest BCUT2D eigenvalue weighted by atomic mass is 9.87. The predicted octanol–water partition coefficient (Wildman–Crippen LogP) is 2.53. The largest absolute Gasteiger partial charge is 0.313 e. The topological polar surface area (TPSA) is 39.1 Å². The van der Waals surface area contributed by atoms with Crippen LogP contribution in [0.1, 0.15) is 52.4 Å². The fourth-order valence-corrected chi connectivity index (χ4v) is 2.81. The van der Waals surface area contributed by atoms with Crippen molar-refractivity contribution in [3.8, 4) is 6.07 Å². The molecule has 18 heavy (non-hydrogen) atoms. The summed E-state index contributed by atoms with van der Waals surface area (Å²) in [6.45, 7) is 8.12. The maximum atomic E-state index is 8.66. The minimum atomic E-state index is 0.253. The molecule has 2 fully saturated rings. The zero-order valence-corrected chi connectivity index (χ0v) is 11.9. The Balaban J connectivity index is 1.63. The first-order valence-corrected chi connectivity index (χ1v) is 7.45. The quantitative estimate of drug-likeness (QED) is 0.786. The highest BCUT2D eigenvalue weighted by Gasteiger charge is 2.32. The highest BCUT2D eigenvalue weighted by molar-refractivity contribution is 4.89. The second kappa shape index (κ2) is 6.04. The van der Waals surface area contributed by atoms with E-state index in [0.717, 1.165) is 19.0 Å². The molecule has 0 aromatic heterocycles. The molecule has 2 aliphatic rings. The van der Waals surface area contributed by atoms with E-state index in [0.29, 0.717) is 12.5 Å². The molecule has 0 spiro atoms. The summed E-state index contributed by atoms with van der Waals surface area (Å²) in [5, 5.41) is 12.4. The van der Waals surface area contributed by atoms with Gasteiger partial charge < -0.3 is 10.2 Å². The van der Waals surface area contributed by atoms with Crippen molar-refractivity contribution in [1.82, 2.24) is 10.2 Å². The van der Waals surface area contributed by atoms with E-state index in [1.165, 1.54) is 38.8 Å². The van der Waals surface area contributed by atoms with Crippen molar-refractivity contribution < 1.29 is 0 Å². The Labute approximate surface area is 112 Å². The van der Waals surface area contributed by atoms with Gasteiger partial charge >= 0.3 is 0 Å². The summed E-state index contributed by atoms with van der Waals surface area (Å²) in [7, 11) is 0. The van der Waals surface area contributed by atoms with Gasteiger partial charge in [0.2, 0.25) is 0 Å². The van der Waals surface area contributed by atoms with Crippen molar-refractivity contribution in [3.63, 3.8) is 0 Å². The van der Waals surface area contributed by atoms with Gasteiger partial charge in [-0.2, -0.15) is 5.26 Å². The van der Waals surface area contributed by atoms with Crippen LogP contribution in [0.2, 0.25) is 0 Å². The summed E-state index contributed by atoms with van der Waals surface area (Å²) in [6.07, 6.45) is 7.13. The van der Waals surface area contributed by atoms with E-state index in [4.69, 9.17) is 5.26 Å². The van der Waals surface area contributed by atoms with Gasteiger partial charge in [-0.1, -0.05) is 13.8 Å². The van der Waals surface area contributed by atoms with Crippen LogP contribution in [0, 0.1) is 16.7 Å². The molecule has 0 aromatic rings. The Bertz CT molecular complexity index is 293. The number of nitriles is 1. The zero-order valence-electron chi connectivity index (χ0n) is 11.9. The summed E-state index contributed by atoms with van der Waals surface area (Å²) in [6, 6.07) is 3.88. The smallest absolute Gasteiger partial charge is 0.0621 e. The SMILES string of the molecule is CC(C)(CCC#N)CNC1CCN(C2CC2)CC1. The fourth-order valence-electron chi connectivity index (χ4n) is 2.81. The summed E-state index contributed by atoms with van der Waals surface area (Å²) >= 11 is 0. The van der Waals surface area contributed by atoms with Crippen LogP contribution in [0.5, 0.6) is 0 Å². The van der Waals surface area contributed by atoms with Gasteiger partial charge in [-0.15, -0.1) is 0 Å². The molecule has 3 nitrogen and oxygen atoms in total. The third-order valence-corrected chi connectivity index (χ3v) is 4.38. The number of piperidine rings is 1. The molecule has 3 heteroatoms. The van der Waals surface area contributed by atoms with Gasteiger partial charge in [0.05, 0.1) is 6.07 Å². The fraction of sp³-hybridized carbons (Fsp3) is 0.933. The van der Waals surface area contributed by atoms with E-state index in [1.54, 1.807) is 0 Å². The minimum absolute atomic E-state index is 0.253. The Morgan fingerprint density at radius 3 is 2.44 bits per heavy atom. The molecule has 0 atom stereocenters. The summed E-state index contributed by atoms with van der Waals surface area (Å²) in [4.78, 5) is 2.67. The van der Waals surface area contributed by atoms with Crippen LogP contribution in [0.3, 0.4) is 0 Å². The van der Waals surface area contributed by atoms with Gasteiger partial charge in [0.15, 0.2) is 0 Å². The maximum absolute atomic E-state index is 8.66. The van der Waals surface area contributed by atoms with Crippen LogP contribution in [0.25, 0.3) is 0 Å². The van der Waals surface area contributed by atoms with Gasteiger partial charge in [0.1, 0.15) is 0 Å². The first-order chi connectivity index (χ1) is 8.61. The van der Waals surface area contributed by atoms with Gasteiger partial charge in [-0.05, 0) is 50.6 Å². The molecule has 1 heterocycles. The van der Waals surface area contributed by atoms with Crippen LogP contribution < -0.4 is 5.32 Å². The van der Waals surface area contributed by atoms with E-state index in [1.807, 2.05) is 0 Å². The summed E-state index contributed by atoms with van der Waals surface area (Å²) in [5.74, 6) is 0. The van der Waals surface area contributed by atoms with E-state index in [2.05, 4.69) is 30.1 Å². The molecular formula is C15H27N3. The molecule has 0 bridgehead atoms. The Hall–Kier alpha value is -0.590. The highest BCUT2D eigenvalue weighted by atomic mass is 15.2. The van der Waals surface area contributed by atoms with E-state index < -0.39 is 0 Å². The molecule has 0 radical (unpaired) electrons. The van der Waals surface area contributed by atoms with Gasteiger partial charge in [-0.25, -0.2) is 0 Å². The Morgan fingerprint density at radius 1 is 1.22 bits per heavy atom. The molecule has 2 rings (SSSR count). The molecule has 0 amide bonds. The molecule has 1 aliphatic heterocycles. The summed E-state index contributed by atoms with van der Waals surface area (Å²) in [5.41, 5.74) is 0.253. The van der Waals surface area contributed by atoms with Crippen LogP contribution in [-0.2, 0) is 0 Å². The molecule has 1 aliphatic carbocycles. The van der Waals surface area contributed by atoms with E-state index in [9.17, 15) is 0 Å². The number of likely N-dealkylation sites (tertiary alicyclic amines) is 1. The number of hydrogen-bond donors (Lipinski definition) is 1. The normalized spacial score (nSPS) is 22.9. The van der Waals surface area contributed by atoms with Gasteiger partial charge in [0, 0.05) is 25.0 Å². The molecule has 102 valence electrons. The molecule has 1 saturated heterocycles. The molecule has 1 saturated carbocycles. The van der Waals surface area contributed by atoms with Gasteiger partial charge in [0.25, 0.3) is 0 Å². The Morgan fingerprint density at radius 2 is 1.89 bits per heavy atom. The maximum Gasteiger partial charge on any atom is 0.0621 e. The zero-order chi connectivity index (χ0) is 13.0. The average molecular weight is 249 g/mol. The Kier molecular flexibility index (Phi) is 4.64. The van der Waals surface area contributed by atoms with Crippen molar-refractivity contribution in [3.05, 3.63) is 0 Å². The second-order valence-electron chi connectivity index (χ2n) is 6.74. The number of nitrogens with zero attached hydrogens (tertiary/aromatic N) is 2. The van der Waals surface area contributed by atoms with Crippen LogP contribution >= 0.6 is 0 Å². The number of rotatable bonds is 6. The van der Waals surface area contributed by atoms with Crippen molar-refractivity contribution in [2.75, 3.05) is 19.6 Å². The first kappa shape index (κ1) is 13.8. The summed E-state index contributed by atoms with van der Waals surface area (Å²) < 4.78 is 0. The number of nitrogens with one attached hydrogen (secondary N) is 1. The van der Waals surface area contributed by atoms with Crippen LogP contribution in [0.4, 0.5) is 0 Å². The predicted molar refractivity (Wildman–Crippen MR) is 74.2 cm³/mol. The molecule has 0 unspecified atom stereocenters. The van der Waals surface area contributed by atoms with Crippen LogP contribution in [0.15, 0.2) is 0 Å². The van der Waals surface area contributed by atoms with Crippen molar-refractivity contribution >= 4 is 0 Å². The monoisotopic (exact) mass is 249 g/mol. The lowest BCUT2D eigenvalue weighted by Gasteiger charge is -2.34. The lowest BCUT2D eigenvalue weighted by Crippen LogP contribution is -2.45. The average Bonchev–Trinajstić information content (AvgIpc) is 3.19. The third kappa shape index (κ3) is 4.26. The molecule has 1 N–H and O–H groups in total. The molecular weight excluding hydrogens is 222 g/mol. The van der Waals surface area contributed by atoms with Crippen molar-refractivity contribution in [1.29, 1.82) is 5.26 Å². The van der Waals surface area contributed by atoms with E-state index >= 15 is 0 Å². The van der Waals surface area contributed by atoms with Crippen molar-refractivity contribution in [2.24, 2.45) is 5.41 Å². The number of hydrogen-bond acceptors (Lipinski definition) is 3. The first-order valence-electron chi connectivity index (χ1n) is 7.45. The van der Waals surface area contributed by atoms with Crippen molar-refractivity contribution in [2.45, 2.75) is 64.5 Å². The molecule has 0 aromatic carbocycles. The standard InChI is InChI=1S/C15H27N3/c1-15(2,8-3-9-16)12-17-13-6-10-18(11-7-13)14-4-5-14/h13-14,17H,3-8,10-12H2,1-2H3. The second-order valence-corrected chi connectivity index (χ2v) is 6.74.